The van der Waals surface area contributed by atoms with Crippen LogP contribution in [0.3, 0.4) is 0 Å². The van der Waals surface area contributed by atoms with E-state index in [-0.39, 0.29) is 5.78 Å². The zero-order chi connectivity index (χ0) is 10.2. The molecular weight excluding hydrogens is 180 g/mol. The van der Waals surface area contributed by atoms with Crippen LogP contribution < -0.4 is 0 Å². The summed E-state index contributed by atoms with van der Waals surface area (Å²) >= 11 is 0. The quantitative estimate of drug-likeness (QED) is 0.689. The Kier molecular flexibility index (Phi) is 2.35. The van der Waals surface area contributed by atoms with E-state index in [1.54, 1.807) is 6.08 Å². The van der Waals surface area contributed by atoms with Gasteiger partial charge in [0.15, 0.2) is 5.76 Å². The molecule has 0 heterocycles. The van der Waals surface area contributed by atoms with E-state index in [0.29, 0.717) is 5.76 Å². The van der Waals surface area contributed by atoms with Crippen LogP contribution in [0.5, 0.6) is 0 Å². The van der Waals surface area contributed by atoms with E-state index < -0.39 is 11.5 Å². The summed E-state index contributed by atoms with van der Waals surface area (Å²) in [5.41, 5.74) is -0.538. The van der Waals surface area contributed by atoms with E-state index in [9.17, 15) is 9.90 Å². The Morgan fingerprint density at radius 2 is 2.07 bits per heavy atom. The zero-order valence-corrected chi connectivity index (χ0v) is 8.45. The summed E-state index contributed by atoms with van der Waals surface area (Å²) in [4.78, 5) is 12.0. The molecule has 1 spiro atoms. The average Bonchev–Trinajstić information content (AvgIpc) is 2.45. The summed E-state index contributed by atoms with van der Waals surface area (Å²) < 4.78 is 4.97. The van der Waals surface area contributed by atoms with Crippen LogP contribution in [0.2, 0.25) is 0 Å². The van der Waals surface area contributed by atoms with Gasteiger partial charge in [0, 0.05) is 0 Å². The third-order valence-electron chi connectivity index (χ3n) is 3.52. The lowest BCUT2D eigenvalue weighted by Gasteiger charge is -2.34. The van der Waals surface area contributed by atoms with Crippen molar-refractivity contribution in [2.24, 2.45) is 5.41 Å². The highest BCUT2D eigenvalue weighted by Crippen LogP contribution is 2.46. The van der Waals surface area contributed by atoms with Crippen molar-refractivity contribution in [3.05, 3.63) is 11.8 Å². The van der Waals surface area contributed by atoms with Crippen LogP contribution >= 0.6 is 0 Å². The smallest absolute Gasteiger partial charge is 0.206 e. The Morgan fingerprint density at radius 1 is 1.43 bits per heavy atom. The predicted molar refractivity (Wildman–Crippen MR) is 51.6 cm³/mol. The molecule has 0 radical (unpaired) electrons. The summed E-state index contributed by atoms with van der Waals surface area (Å²) in [6, 6.07) is 0. The zero-order valence-electron chi connectivity index (χ0n) is 8.45. The van der Waals surface area contributed by atoms with Gasteiger partial charge in [0.1, 0.15) is 0 Å². The fourth-order valence-corrected chi connectivity index (χ4v) is 2.62. The molecule has 2 aliphatic rings. The third kappa shape index (κ3) is 1.19. The number of carbonyl (C=O) groups excluding carboxylic acids is 1. The van der Waals surface area contributed by atoms with E-state index in [1.807, 2.05) is 0 Å². The van der Waals surface area contributed by atoms with Gasteiger partial charge in [-0.25, -0.2) is 0 Å². The summed E-state index contributed by atoms with van der Waals surface area (Å²) in [6.07, 6.45) is 5.77. The molecule has 3 heteroatoms. The molecule has 14 heavy (non-hydrogen) atoms. The van der Waals surface area contributed by atoms with Crippen LogP contribution in [0.15, 0.2) is 11.8 Å². The molecule has 1 fully saturated rings. The standard InChI is InChI=1S/C11H16O3/c1-14-8-7-9(12)11(10(8)13)5-3-2-4-6-11/h7,9,12H,2-6H2,1H3. The van der Waals surface area contributed by atoms with E-state index in [4.69, 9.17) is 4.74 Å². The maximum atomic E-state index is 12.0. The van der Waals surface area contributed by atoms with Crippen LogP contribution in [0, 0.1) is 5.41 Å². The second kappa shape index (κ2) is 3.39. The molecule has 0 aromatic heterocycles. The lowest BCUT2D eigenvalue weighted by molar-refractivity contribution is -0.132. The summed E-state index contributed by atoms with van der Waals surface area (Å²) in [5.74, 6) is 0.353. The third-order valence-corrected chi connectivity index (χ3v) is 3.52. The number of ether oxygens (including phenoxy) is 1. The Balaban J connectivity index is 2.25. The number of aliphatic hydroxyl groups is 1. The molecule has 1 N–H and O–H groups in total. The SMILES string of the molecule is COC1=CC(O)C2(CCCCC2)C1=O. The van der Waals surface area contributed by atoms with Gasteiger partial charge in [-0.1, -0.05) is 19.3 Å². The van der Waals surface area contributed by atoms with Gasteiger partial charge in [-0.3, -0.25) is 4.79 Å². The molecule has 1 unspecified atom stereocenters. The molecule has 2 rings (SSSR count). The molecular formula is C11H16O3. The summed E-state index contributed by atoms with van der Waals surface area (Å²) in [5, 5.41) is 9.90. The number of aliphatic hydroxyl groups excluding tert-OH is 1. The number of ketones is 1. The second-order valence-corrected chi connectivity index (χ2v) is 4.23. The summed E-state index contributed by atoms with van der Waals surface area (Å²) in [6.45, 7) is 0. The molecule has 1 saturated carbocycles. The van der Waals surface area contributed by atoms with Crippen LogP contribution in [0.1, 0.15) is 32.1 Å². The van der Waals surface area contributed by atoms with E-state index >= 15 is 0 Å². The number of Topliss-reactive ketones (excluding diaryl/α,β-unsaturated/α-hetero) is 1. The van der Waals surface area contributed by atoms with Crippen molar-refractivity contribution in [3.8, 4) is 0 Å². The van der Waals surface area contributed by atoms with Gasteiger partial charge >= 0.3 is 0 Å². The van der Waals surface area contributed by atoms with Gasteiger partial charge in [0.25, 0.3) is 0 Å². The molecule has 0 aliphatic heterocycles. The predicted octanol–water partition coefficient (Wildman–Crippen LogP) is 1.41. The van der Waals surface area contributed by atoms with Gasteiger partial charge in [-0.05, 0) is 18.9 Å². The first-order valence-corrected chi connectivity index (χ1v) is 5.19. The van der Waals surface area contributed by atoms with Crippen molar-refractivity contribution in [1.29, 1.82) is 0 Å². The molecule has 0 amide bonds. The van der Waals surface area contributed by atoms with Crippen molar-refractivity contribution in [1.82, 2.24) is 0 Å². The molecule has 0 bridgehead atoms. The molecule has 1 atom stereocenters. The van der Waals surface area contributed by atoms with Crippen molar-refractivity contribution in [2.45, 2.75) is 38.2 Å². The van der Waals surface area contributed by atoms with Gasteiger partial charge < -0.3 is 9.84 Å². The fraction of sp³-hybridized carbons (Fsp3) is 0.727. The highest BCUT2D eigenvalue weighted by molar-refractivity contribution is 6.01. The van der Waals surface area contributed by atoms with Crippen molar-refractivity contribution < 1.29 is 14.6 Å². The summed E-state index contributed by atoms with van der Waals surface area (Å²) in [7, 11) is 1.48. The molecule has 2 aliphatic carbocycles. The van der Waals surface area contributed by atoms with Gasteiger partial charge in [-0.15, -0.1) is 0 Å². The largest absolute Gasteiger partial charge is 0.493 e. The Bertz CT molecular complexity index is 274. The minimum Gasteiger partial charge on any atom is -0.493 e. The number of methoxy groups -OCH3 is 1. The molecule has 3 nitrogen and oxygen atoms in total. The molecule has 0 aromatic carbocycles. The number of hydrogen-bond donors (Lipinski definition) is 1. The number of rotatable bonds is 1. The number of hydrogen-bond acceptors (Lipinski definition) is 3. The van der Waals surface area contributed by atoms with E-state index in [0.717, 1.165) is 25.7 Å². The Labute approximate surface area is 83.8 Å². The normalized spacial score (nSPS) is 30.6. The van der Waals surface area contributed by atoms with Crippen LogP contribution in [-0.2, 0) is 9.53 Å². The van der Waals surface area contributed by atoms with Gasteiger partial charge in [0.05, 0.1) is 18.6 Å². The van der Waals surface area contributed by atoms with E-state index in [2.05, 4.69) is 0 Å². The monoisotopic (exact) mass is 196 g/mol. The molecule has 78 valence electrons. The minimum absolute atomic E-state index is 0.00667. The highest BCUT2D eigenvalue weighted by atomic mass is 16.5. The Morgan fingerprint density at radius 3 is 2.57 bits per heavy atom. The maximum Gasteiger partial charge on any atom is 0.206 e. The lowest BCUT2D eigenvalue weighted by Crippen LogP contribution is -2.39. The second-order valence-electron chi connectivity index (χ2n) is 4.23. The van der Waals surface area contributed by atoms with Crippen molar-refractivity contribution in [2.75, 3.05) is 7.11 Å². The lowest BCUT2D eigenvalue weighted by atomic mass is 9.70. The van der Waals surface area contributed by atoms with E-state index in [1.165, 1.54) is 13.5 Å². The maximum absolute atomic E-state index is 12.0. The first-order chi connectivity index (χ1) is 6.70. The minimum atomic E-state index is -0.634. The number of allylic oxidation sites excluding steroid dienone is 1. The van der Waals surface area contributed by atoms with Crippen LogP contribution in [0.25, 0.3) is 0 Å². The average molecular weight is 196 g/mol. The highest BCUT2D eigenvalue weighted by Gasteiger charge is 2.50. The fourth-order valence-electron chi connectivity index (χ4n) is 2.62. The van der Waals surface area contributed by atoms with Crippen LogP contribution in [0.4, 0.5) is 0 Å². The van der Waals surface area contributed by atoms with Gasteiger partial charge in [0.2, 0.25) is 5.78 Å². The first kappa shape index (κ1) is 9.71. The van der Waals surface area contributed by atoms with Crippen molar-refractivity contribution in [3.63, 3.8) is 0 Å². The molecule has 0 aromatic rings. The van der Waals surface area contributed by atoms with Crippen LogP contribution in [-0.4, -0.2) is 24.1 Å². The number of carbonyl (C=O) groups is 1. The van der Waals surface area contributed by atoms with Crippen molar-refractivity contribution >= 4 is 5.78 Å². The Hall–Kier alpha value is -0.830. The first-order valence-electron chi connectivity index (χ1n) is 5.19. The van der Waals surface area contributed by atoms with Gasteiger partial charge in [-0.2, -0.15) is 0 Å². The topological polar surface area (TPSA) is 46.5 Å². The molecule has 0 saturated heterocycles.